The van der Waals surface area contributed by atoms with Crippen LogP contribution in [0.4, 0.5) is 5.69 Å². The van der Waals surface area contributed by atoms with Gasteiger partial charge in [0.15, 0.2) is 0 Å². The van der Waals surface area contributed by atoms with Crippen LogP contribution >= 0.6 is 0 Å². The molecule has 0 unspecified atom stereocenters. The average molecular weight is 278 g/mol. The zero-order valence-electron chi connectivity index (χ0n) is 12.2. The number of aromatic amines is 1. The van der Waals surface area contributed by atoms with E-state index < -0.39 is 0 Å². The molecule has 0 atom stereocenters. The fourth-order valence-electron chi connectivity index (χ4n) is 2.58. The van der Waals surface area contributed by atoms with Crippen molar-refractivity contribution >= 4 is 22.5 Å². The summed E-state index contributed by atoms with van der Waals surface area (Å²) in [6.45, 7) is 4.11. The number of aryl methyl sites for hydroxylation is 2. The molecule has 0 aliphatic carbocycles. The summed E-state index contributed by atoms with van der Waals surface area (Å²) in [7, 11) is 0. The molecular formula is C18H18N2O. The lowest BCUT2D eigenvalue weighted by Crippen LogP contribution is -2.14. The second kappa shape index (κ2) is 5.44. The number of aromatic nitrogens is 1. The Bertz CT molecular complexity index is 802. The maximum Gasteiger partial charge on any atom is 0.255 e. The molecule has 21 heavy (non-hydrogen) atoms. The van der Waals surface area contributed by atoms with Crippen LogP contribution in [-0.2, 0) is 6.42 Å². The Balaban J connectivity index is 1.92. The lowest BCUT2D eigenvalue weighted by molar-refractivity contribution is 0.102. The van der Waals surface area contributed by atoms with E-state index in [0.29, 0.717) is 5.56 Å². The number of hydrogen-bond acceptors (Lipinski definition) is 1. The maximum absolute atomic E-state index is 12.5. The minimum Gasteiger partial charge on any atom is -0.361 e. The second-order valence-corrected chi connectivity index (χ2v) is 5.20. The highest BCUT2D eigenvalue weighted by molar-refractivity contribution is 6.06. The van der Waals surface area contributed by atoms with Crippen molar-refractivity contribution in [3.05, 3.63) is 65.4 Å². The van der Waals surface area contributed by atoms with E-state index in [4.69, 9.17) is 0 Å². The second-order valence-electron chi connectivity index (χ2n) is 5.20. The van der Waals surface area contributed by atoms with Gasteiger partial charge in [-0.3, -0.25) is 4.79 Å². The van der Waals surface area contributed by atoms with Gasteiger partial charge in [0, 0.05) is 23.0 Å². The predicted molar refractivity (Wildman–Crippen MR) is 86.8 cm³/mol. The number of rotatable bonds is 3. The highest BCUT2D eigenvalue weighted by Crippen LogP contribution is 2.22. The Hall–Kier alpha value is -2.55. The lowest BCUT2D eigenvalue weighted by Gasteiger charge is -2.13. The number of hydrogen-bond donors (Lipinski definition) is 2. The first-order valence-corrected chi connectivity index (χ1v) is 7.16. The number of nitrogens with one attached hydrogen (secondary N) is 2. The number of carbonyl (C=O) groups is 1. The van der Waals surface area contributed by atoms with Crippen LogP contribution in [0.2, 0.25) is 0 Å². The van der Waals surface area contributed by atoms with E-state index in [0.717, 1.165) is 34.1 Å². The molecule has 0 aliphatic rings. The maximum atomic E-state index is 12.5. The first-order chi connectivity index (χ1) is 10.2. The number of amides is 1. The van der Waals surface area contributed by atoms with E-state index in [1.807, 2.05) is 49.5 Å². The molecule has 0 aliphatic heterocycles. The van der Waals surface area contributed by atoms with Crippen molar-refractivity contribution in [1.29, 1.82) is 0 Å². The van der Waals surface area contributed by atoms with Gasteiger partial charge in [0.2, 0.25) is 0 Å². The lowest BCUT2D eigenvalue weighted by atomic mass is 10.1. The van der Waals surface area contributed by atoms with Crippen LogP contribution in [-0.4, -0.2) is 10.9 Å². The van der Waals surface area contributed by atoms with E-state index in [1.165, 1.54) is 0 Å². The number of benzene rings is 2. The van der Waals surface area contributed by atoms with Crippen LogP contribution < -0.4 is 5.32 Å². The third kappa shape index (κ3) is 2.55. The van der Waals surface area contributed by atoms with Crippen LogP contribution in [0.3, 0.4) is 0 Å². The molecule has 106 valence electrons. The first kappa shape index (κ1) is 13.4. The van der Waals surface area contributed by atoms with Gasteiger partial charge in [0.05, 0.1) is 0 Å². The van der Waals surface area contributed by atoms with E-state index in [-0.39, 0.29) is 5.91 Å². The molecule has 3 aromatic rings. The fraction of sp³-hybridized carbons (Fsp3) is 0.167. The normalized spacial score (nSPS) is 10.8. The third-order valence-electron chi connectivity index (χ3n) is 3.80. The summed E-state index contributed by atoms with van der Waals surface area (Å²) in [5.41, 5.74) is 4.81. The van der Waals surface area contributed by atoms with Gasteiger partial charge in [-0.05, 0) is 48.1 Å². The van der Waals surface area contributed by atoms with Gasteiger partial charge in [-0.15, -0.1) is 0 Å². The molecule has 3 rings (SSSR count). The number of fused-ring (bicyclic) bond motifs is 1. The van der Waals surface area contributed by atoms with Gasteiger partial charge >= 0.3 is 0 Å². The van der Waals surface area contributed by atoms with Crippen LogP contribution in [0.1, 0.15) is 28.4 Å². The topological polar surface area (TPSA) is 44.9 Å². The van der Waals surface area contributed by atoms with Crippen molar-refractivity contribution in [3.8, 4) is 0 Å². The first-order valence-electron chi connectivity index (χ1n) is 7.16. The molecule has 0 saturated heterocycles. The van der Waals surface area contributed by atoms with E-state index in [2.05, 4.69) is 23.3 Å². The Labute approximate surface area is 124 Å². The summed E-state index contributed by atoms with van der Waals surface area (Å²) >= 11 is 0. The largest absolute Gasteiger partial charge is 0.361 e. The fourth-order valence-corrected chi connectivity index (χ4v) is 2.58. The third-order valence-corrected chi connectivity index (χ3v) is 3.80. The van der Waals surface area contributed by atoms with Crippen molar-refractivity contribution in [2.45, 2.75) is 20.3 Å². The number of H-pyrrole nitrogens is 1. The summed E-state index contributed by atoms with van der Waals surface area (Å²) in [6, 6.07) is 13.8. The molecule has 3 heteroatoms. The Morgan fingerprint density at radius 2 is 2.05 bits per heavy atom. The van der Waals surface area contributed by atoms with Gasteiger partial charge in [-0.1, -0.05) is 31.2 Å². The number of para-hydroxylation sites is 1. The summed E-state index contributed by atoms with van der Waals surface area (Å²) in [4.78, 5) is 15.6. The van der Waals surface area contributed by atoms with Crippen molar-refractivity contribution in [3.63, 3.8) is 0 Å². The van der Waals surface area contributed by atoms with Crippen molar-refractivity contribution < 1.29 is 4.79 Å². The molecule has 0 spiro atoms. The molecule has 1 heterocycles. The van der Waals surface area contributed by atoms with Crippen LogP contribution in [0.5, 0.6) is 0 Å². The number of anilines is 1. The van der Waals surface area contributed by atoms with Crippen LogP contribution in [0, 0.1) is 6.92 Å². The average Bonchev–Trinajstić information content (AvgIpc) is 2.96. The molecule has 3 nitrogen and oxygen atoms in total. The molecule has 0 bridgehead atoms. The Kier molecular flexibility index (Phi) is 3.48. The highest BCUT2D eigenvalue weighted by atomic mass is 16.1. The molecule has 2 N–H and O–H groups in total. The van der Waals surface area contributed by atoms with Gasteiger partial charge in [0.1, 0.15) is 0 Å². The van der Waals surface area contributed by atoms with Crippen LogP contribution in [0.25, 0.3) is 10.9 Å². The predicted octanol–water partition coefficient (Wildman–Crippen LogP) is 4.29. The quantitative estimate of drug-likeness (QED) is 0.737. The molecule has 0 radical (unpaired) electrons. The van der Waals surface area contributed by atoms with Gasteiger partial charge < -0.3 is 10.3 Å². The number of carbonyl (C=O) groups excluding carboxylic acids is 1. The molecule has 0 saturated carbocycles. The Morgan fingerprint density at radius 3 is 2.86 bits per heavy atom. The smallest absolute Gasteiger partial charge is 0.255 e. The van der Waals surface area contributed by atoms with Gasteiger partial charge in [-0.2, -0.15) is 0 Å². The zero-order valence-corrected chi connectivity index (χ0v) is 12.2. The summed E-state index contributed by atoms with van der Waals surface area (Å²) < 4.78 is 0. The Morgan fingerprint density at radius 1 is 1.19 bits per heavy atom. The van der Waals surface area contributed by atoms with E-state index in [9.17, 15) is 4.79 Å². The molecule has 1 aromatic heterocycles. The van der Waals surface area contributed by atoms with E-state index in [1.54, 1.807) is 0 Å². The summed E-state index contributed by atoms with van der Waals surface area (Å²) in [5.74, 6) is -0.0736. The highest BCUT2D eigenvalue weighted by Gasteiger charge is 2.11. The standard InChI is InChI=1S/C18H18N2O/c1-3-13-6-4-5-12(2)17(13)20-18(21)15-8-7-14-9-10-19-16(14)11-15/h4-11,19H,3H2,1-2H3,(H,20,21). The van der Waals surface area contributed by atoms with Crippen LogP contribution in [0.15, 0.2) is 48.7 Å². The molecule has 1 amide bonds. The van der Waals surface area contributed by atoms with E-state index >= 15 is 0 Å². The molecule has 0 fully saturated rings. The van der Waals surface area contributed by atoms with Gasteiger partial charge in [0.25, 0.3) is 5.91 Å². The zero-order chi connectivity index (χ0) is 14.8. The molecular weight excluding hydrogens is 260 g/mol. The minimum atomic E-state index is -0.0736. The van der Waals surface area contributed by atoms with Gasteiger partial charge in [-0.25, -0.2) is 0 Å². The molecule has 2 aromatic carbocycles. The SMILES string of the molecule is CCc1cccc(C)c1NC(=O)c1ccc2cc[nH]c2c1. The van der Waals surface area contributed by atoms with Crippen molar-refractivity contribution in [1.82, 2.24) is 4.98 Å². The summed E-state index contributed by atoms with van der Waals surface area (Å²) in [6.07, 6.45) is 2.77. The minimum absolute atomic E-state index is 0.0736. The monoisotopic (exact) mass is 278 g/mol. The van der Waals surface area contributed by atoms with Crippen molar-refractivity contribution in [2.75, 3.05) is 5.32 Å². The van der Waals surface area contributed by atoms with Crippen molar-refractivity contribution in [2.24, 2.45) is 0 Å². The summed E-state index contributed by atoms with van der Waals surface area (Å²) in [5, 5.41) is 4.16.